The smallest absolute Gasteiger partial charge is 0.138 e. The first-order valence-corrected chi connectivity index (χ1v) is 6.38. The lowest BCUT2D eigenvalue weighted by molar-refractivity contribution is 0.174. The first-order valence-electron chi connectivity index (χ1n) is 6.01. The Kier molecular flexibility index (Phi) is 4.33. The SMILES string of the molecule is CCCn1ncnc1CC(O)c1ccc(Cl)cc1. The quantitative estimate of drug-likeness (QED) is 0.904. The van der Waals surface area contributed by atoms with Crippen molar-refractivity contribution in [2.45, 2.75) is 32.4 Å². The van der Waals surface area contributed by atoms with E-state index in [0.717, 1.165) is 24.4 Å². The van der Waals surface area contributed by atoms with Gasteiger partial charge in [-0.15, -0.1) is 0 Å². The highest BCUT2D eigenvalue weighted by Crippen LogP contribution is 2.19. The molecule has 2 aromatic rings. The van der Waals surface area contributed by atoms with E-state index in [4.69, 9.17) is 11.6 Å². The van der Waals surface area contributed by atoms with E-state index in [1.54, 1.807) is 12.1 Å². The second-order valence-corrected chi connectivity index (χ2v) is 4.61. The monoisotopic (exact) mass is 265 g/mol. The van der Waals surface area contributed by atoms with Crippen molar-refractivity contribution in [2.75, 3.05) is 0 Å². The van der Waals surface area contributed by atoms with Gasteiger partial charge in [-0.2, -0.15) is 5.10 Å². The Morgan fingerprint density at radius 1 is 1.33 bits per heavy atom. The molecule has 0 saturated heterocycles. The van der Waals surface area contributed by atoms with E-state index >= 15 is 0 Å². The van der Waals surface area contributed by atoms with E-state index in [1.165, 1.54) is 6.33 Å². The zero-order valence-electron chi connectivity index (χ0n) is 10.3. The van der Waals surface area contributed by atoms with Gasteiger partial charge in [0.2, 0.25) is 0 Å². The topological polar surface area (TPSA) is 50.9 Å². The predicted molar refractivity (Wildman–Crippen MR) is 70.4 cm³/mol. The zero-order chi connectivity index (χ0) is 13.0. The molecular weight excluding hydrogens is 250 g/mol. The van der Waals surface area contributed by atoms with E-state index in [0.29, 0.717) is 11.4 Å². The first-order chi connectivity index (χ1) is 8.70. The molecule has 4 nitrogen and oxygen atoms in total. The van der Waals surface area contributed by atoms with Crippen LogP contribution in [0.4, 0.5) is 0 Å². The van der Waals surface area contributed by atoms with Gasteiger partial charge in [0.1, 0.15) is 12.2 Å². The summed E-state index contributed by atoms with van der Waals surface area (Å²) < 4.78 is 1.83. The molecule has 0 bridgehead atoms. The highest BCUT2D eigenvalue weighted by Gasteiger charge is 2.12. The van der Waals surface area contributed by atoms with Crippen molar-refractivity contribution in [3.63, 3.8) is 0 Å². The second kappa shape index (κ2) is 5.98. The largest absolute Gasteiger partial charge is 0.388 e. The zero-order valence-corrected chi connectivity index (χ0v) is 11.0. The summed E-state index contributed by atoms with van der Waals surface area (Å²) in [4.78, 5) is 4.18. The molecule has 18 heavy (non-hydrogen) atoms. The second-order valence-electron chi connectivity index (χ2n) is 4.17. The molecular formula is C13H16ClN3O. The molecule has 2 rings (SSSR count). The lowest BCUT2D eigenvalue weighted by Crippen LogP contribution is -2.10. The number of benzene rings is 1. The number of aromatic nitrogens is 3. The summed E-state index contributed by atoms with van der Waals surface area (Å²) in [5, 5.41) is 15.0. The maximum absolute atomic E-state index is 10.2. The highest BCUT2D eigenvalue weighted by molar-refractivity contribution is 6.30. The number of aliphatic hydroxyl groups is 1. The predicted octanol–water partition coefficient (Wildman–Crippen LogP) is 2.62. The Morgan fingerprint density at radius 3 is 2.72 bits per heavy atom. The van der Waals surface area contributed by atoms with Crippen LogP contribution >= 0.6 is 11.6 Å². The molecule has 0 aliphatic carbocycles. The summed E-state index contributed by atoms with van der Waals surface area (Å²) in [5.41, 5.74) is 0.838. The van der Waals surface area contributed by atoms with Crippen molar-refractivity contribution in [3.8, 4) is 0 Å². The Bertz CT molecular complexity index is 495. The van der Waals surface area contributed by atoms with E-state index in [1.807, 2.05) is 16.8 Å². The van der Waals surface area contributed by atoms with Gasteiger partial charge in [-0.05, 0) is 24.1 Å². The van der Waals surface area contributed by atoms with Crippen LogP contribution in [0.5, 0.6) is 0 Å². The van der Waals surface area contributed by atoms with Crippen LogP contribution in [0.3, 0.4) is 0 Å². The third-order valence-electron chi connectivity index (χ3n) is 2.76. The van der Waals surface area contributed by atoms with Gasteiger partial charge in [0.15, 0.2) is 0 Å². The Labute approximate surface area is 111 Å². The minimum absolute atomic E-state index is 0.460. The number of hydrogen-bond acceptors (Lipinski definition) is 3. The van der Waals surface area contributed by atoms with Crippen LogP contribution in [-0.4, -0.2) is 19.9 Å². The summed E-state index contributed by atoms with van der Waals surface area (Å²) in [6.07, 6.45) is 2.40. The lowest BCUT2D eigenvalue weighted by Gasteiger charge is -2.11. The standard InChI is InChI=1S/C13H16ClN3O/c1-2-7-17-13(15-9-16-17)8-12(18)10-3-5-11(14)6-4-10/h3-6,9,12,18H,2,7-8H2,1H3. The molecule has 1 aromatic carbocycles. The number of aryl methyl sites for hydroxylation is 1. The molecule has 0 saturated carbocycles. The van der Waals surface area contributed by atoms with Crippen molar-refractivity contribution in [3.05, 3.63) is 47.0 Å². The summed E-state index contributed by atoms with van der Waals surface area (Å²) >= 11 is 5.82. The van der Waals surface area contributed by atoms with Gasteiger partial charge in [0.25, 0.3) is 0 Å². The van der Waals surface area contributed by atoms with Crippen molar-refractivity contribution in [1.29, 1.82) is 0 Å². The number of aliphatic hydroxyl groups excluding tert-OH is 1. The molecule has 1 N–H and O–H groups in total. The average Bonchev–Trinajstić information content (AvgIpc) is 2.78. The molecule has 0 aliphatic rings. The molecule has 0 amide bonds. The molecule has 0 radical (unpaired) electrons. The van der Waals surface area contributed by atoms with Gasteiger partial charge in [-0.1, -0.05) is 30.7 Å². The van der Waals surface area contributed by atoms with Crippen LogP contribution in [0.1, 0.15) is 30.8 Å². The fraction of sp³-hybridized carbons (Fsp3) is 0.385. The van der Waals surface area contributed by atoms with Crippen LogP contribution in [0.2, 0.25) is 5.02 Å². The maximum atomic E-state index is 10.2. The van der Waals surface area contributed by atoms with Crippen molar-refractivity contribution >= 4 is 11.6 Å². The number of nitrogens with zero attached hydrogens (tertiary/aromatic N) is 3. The normalized spacial score (nSPS) is 12.6. The van der Waals surface area contributed by atoms with Gasteiger partial charge >= 0.3 is 0 Å². The maximum Gasteiger partial charge on any atom is 0.138 e. The summed E-state index contributed by atoms with van der Waals surface area (Å²) in [7, 11) is 0. The van der Waals surface area contributed by atoms with Gasteiger partial charge in [-0.3, -0.25) is 4.68 Å². The van der Waals surface area contributed by atoms with Crippen molar-refractivity contribution in [2.24, 2.45) is 0 Å². The minimum atomic E-state index is -0.581. The van der Waals surface area contributed by atoms with Crippen LogP contribution in [-0.2, 0) is 13.0 Å². The van der Waals surface area contributed by atoms with E-state index < -0.39 is 6.10 Å². The fourth-order valence-electron chi connectivity index (χ4n) is 1.82. The van der Waals surface area contributed by atoms with Gasteiger partial charge < -0.3 is 5.11 Å². The molecule has 1 atom stereocenters. The average molecular weight is 266 g/mol. The van der Waals surface area contributed by atoms with E-state index in [2.05, 4.69) is 17.0 Å². The number of halogens is 1. The molecule has 0 aliphatic heterocycles. The Hall–Kier alpha value is -1.39. The molecule has 0 spiro atoms. The molecule has 0 fully saturated rings. The lowest BCUT2D eigenvalue weighted by atomic mass is 10.1. The summed E-state index contributed by atoms with van der Waals surface area (Å²) in [6.45, 7) is 2.91. The molecule has 5 heteroatoms. The first kappa shape index (κ1) is 13.1. The number of rotatable bonds is 5. The van der Waals surface area contributed by atoms with E-state index in [9.17, 15) is 5.11 Å². The third-order valence-corrected chi connectivity index (χ3v) is 3.01. The van der Waals surface area contributed by atoms with Crippen molar-refractivity contribution in [1.82, 2.24) is 14.8 Å². The third kappa shape index (κ3) is 3.09. The van der Waals surface area contributed by atoms with Crippen molar-refractivity contribution < 1.29 is 5.11 Å². The van der Waals surface area contributed by atoms with Crippen LogP contribution in [0.15, 0.2) is 30.6 Å². The summed E-state index contributed by atoms with van der Waals surface area (Å²) in [5.74, 6) is 0.805. The Balaban J connectivity index is 2.08. The molecule has 1 unspecified atom stereocenters. The molecule has 1 heterocycles. The minimum Gasteiger partial charge on any atom is -0.388 e. The van der Waals surface area contributed by atoms with Crippen LogP contribution in [0.25, 0.3) is 0 Å². The Morgan fingerprint density at radius 2 is 2.06 bits per heavy atom. The van der Waals surface area contributed by atoms with Gasteiger partial charge in [0, 0.05) is 18.0 Å². The van der Waals surface area contributed by atoms with Gasteiger partial charge in [0.05, 0.1) is 6.10 Å². The van der Waals surface area contributed by atoms with Crippen LogP contribution in [0, 0.1) is 0 Å². The van der Waals surface area contributed by atoms with Crippen LogP contribution < -0.4 is 0 Å². The summed E-state index contributed by atoms with van der Waals surface area (Å²) in [6, 6.07) is 7.20. The number of hydrogen-bond donors (Lipinski definition) is 1. The molecule has 96 valence electrons. The van der Waals surface area contributed by atoms with Gasteiger partial charge in [-0.25, -0.2) is 4.98 Å². The highest BCUT2D eigenvalue weighted by atomic mass is 35.5. The molecule has 1 aromatic heterocycles. The van der Waals surface area contributed by atoms with E-state index in [-0.39, 0.29) is 0 Å². The fourth-order valence-corrected chi connectivity index (χ4v) is 1.95.